The lowest BCUT2D eigenvalue weighted by Gasteiger charge is -2.37. The molecule has 1 aliphatic heterocycles. The maximum atomic E-state index is 14.1. The molecule has 2 aromatic rings. The van der Waals surface area contributed by atoms with Crippen LogP contribution in [0.4, 0.5) is 23.2 Å². The van der Waals surface area contributed by atoms with E-state index in [-0.39, 0.29) is 36.0 Å². The highest BCUT2D eigenvalue weighted by molar-refractivity contribution is 5.99. The molecule has 2 aromatic carbocycles. The number of aliphatic hydroxyl groups is 1. The summed E-state index contributed by atoms with van der Waals surface area (Å²) in [5.74, 6) is -2.98. The largest absolute Gasteiger partial charge is 0.467 e. The SMILES string of the molecule is CCOCOc1ccc(F)cc1C(C)(C)CC(O)(C(=O)Nc1ccc2c(c1)COC2=O)C(F)(F)F. The quantitative estimate of drug-likeness (QED) is 0.229. The molecule has 0 radical (unpaired) electrons. The van der Waals surface area contributed by atoms with Crippen LogP contribution in [0.3, 0.4) is 0 Å². The van der Waals surface area contributed by atoms with E-state index in [1.54, 1.807) is 6.92 Å². The molecule has 2 N–H and O–H groups in total. The minimum absolute atomic E-state index is 0.0147. The number of benzene rings is 2. The Labute approximate surface area is 199 Å². The first-order valence-electron chi connectivity index (χ1n) is 10.7. The number of anilines is 1. The Hall–Kier alpha value is -3.18. The summed E-state index contributed by atoms with van der Waals surface area (Å²) in [6.07, 6.45) is -6.51. The summed E-state index contributed by atoms with van der Waals surface area (Å²) in [5, 5.41) is 12.8. The van der Waals surface area contributed by atoms with E-state index in [2.05, 4.69) is 5.32 Å². The highest BCUT2D eigenvalue weighted by atomic mass is 19.4. The van der Waals surface area contributed by atoms with Gasteiger partial charge in [-0.05, 0) is 48.7 Å². The number of hydrogen-bond donors (Lipinski definition) is 2. The third kappa shape index (κ3) is 5.57. The van der Waals surface area contributed by atoms with Gasteiger partial charge in [-0.25, -0.2) is 9.18 Å². The summed E-state index contributed by atoms with van der Waals surface area (Å²) in [6, 6.07) is 7.15. The van der Waals surface area contributed by atoms with Crippen LogP contribution in [0.25, 0.3) is 0 Å². The monoisotopic (exact) mass is 499 g/mol. The summed E-state index contributed by atoms with van der Waals surface area (Å²) >= 11 is 0. The molecule has 1 heterocycles. The van der Waals surface area contributed by atoms with Gasteiger partial charge in [0.25, 0.3) is 5.91 Å². The van der Waals surface area contributed by atoms with Crippen molar-refractivity contribution in [2.24, 2.45) is 0 Å². The molecule has 1 unspecified atom stereocenters. The number of cyclic esters (lactones) is 1. The Morgan fingerprint density at radius 3 is 2.54 bits per heavy atom. The average molecular weight is 499 g/mol. The number of amides is 1. The maximum absolute atomic E-state index is 14.1. The topological polar surface area (TPSA) is 94.1 Å². The molecule has 1 aliphatic rings. The second kappa shape index (κ2) is 9.82. The average Bonchev–Trinajstić information content (AvgIpc) is 3.13. The number of hydrogen-bond acceptors (Lipinski definition) is 6. The van der Waals surface area contributed by atoms with E-state index in [1.165, 1.54) is 38.1 Å². The smallest absolute Gasteiger partial charge is 0.426 e. The van der Waals surface area contributed by atoms with Crippen molar-refractivity contribution in [2.45, 2.75) is 51.0 Å². The van der Waals surface area contributed by atoms with E-state index in [9.17, 15) is 32.3 Å². The molecule has 0 fully saturated rings. The van der Waals surface area contributed by atoms with E-state index < -0.39 is 41.3 Å². The van der Waals surface area contributed by atoms with E-state index >= 15 is 0 Å². The standard InChI is InChI=1S/C24H25F4NO6/c1-4-33-13-35-19-8-5-15(25)10-18(19)22(2,3)12-23(32,24(26,27)28)21(31)29-16-6-7-17-14(9-16)11-34-20(17)30/h5-10,32H,4,11-13H2,1-3H3,(H,29,31). The van der Waals surface area contributed by atoms with Crippen LogP contribution >= 0.6 is 0 Å². The molecule has 0 saturated carbocycles. The molecule has 190 valence electrons. The molecular weight excluding hydrogens is 474 g/mol. The summed E-state index contributed by atoms with van der Waals surface area (Å²) < 4.78 is 71.7. The summed E-state index contributed by atoms with van der Waals surface area (Å²) in [5.41, 5.74) is -4.84. The van der Waals surface area contributed by atoms with Gasteiger partial charge >= 0.3 is 12.1 Å². The minimum atomic E-state index is -5.37. The van der Waals surface area contributed by atoms with Crippen molar-refractivity contribution in [1.82, 2.24) is 0 Å². The van der Waals surface area contributed by atoms with Crippen LogP contribution in [0.5, 0.6) is 5.75 Å². The van der Waals surface area contributed by atoms with E-state index in [1.807, 2.05) is 0 Å². The van der Waals surface area contributed by atoms with Gasteiger partial charge in [0, 0.05) is 29.8 Å². The van der Waals surface area contributed by atoms with Gasteiger partial charge in [-0.2, -0.15) is 13.2 Å². The van der Waals surface area contributed by atoms with Gasteiger partial charge in [0.05, 0.1) is 5.56 Å². The fourth-order valence-electron chi connectivity index (χ4n) is 3.84. The lowest BCUT2D eigenvalue weighted by Crippen LogP contribution is -2.57. The molecule has 0 saturated heterocycles. The first-order valence-corrected chi connectivity index (χ1v) is 10.7. The third-order valence-corrected chi connectivity index (χ3v) is 5.66. The Morgan fingerprint density at radius 1 is 1.17 bits per heavy atom. The molecule has 0 spiro atoms. The number of alkyl halides is 3. The Bertz CT molecular complexity index is 1120. The lowest BCUT2D eigenvalue weighted by atomic mass is 9.74. The van der Waals surface area contributed by atoms with Crippen LogP contribution in [-0.2, 0) is 26.3 Å². The van der Waals surface area contributed by atoms with Crippen LogP contribution in [0.15, 0.2) is 36.4 Å². The third-order valence-electron chi connectivity index (χ3n) is 5.66. The van der Waals surface area contributed by atoms with Crippen molar-refractivity contribution in [3.8, 4) is 5.75 Å². The minimum Gasteiger partial charge on any atom is -0.467 e. The van der Waals surface area contributed by atoms with Gasteiger partial charge in [0.2, 0.25) is 5.60 Å². The zero-order valence-corrected chi connectivity index (χ0v) is 19.3. The van der Waals surface area contributed by atoms with Crippen molar-refractivity contribution in [3.63, 3.8) is 0 Å². The molecule has 1 amide bonds. The molecule has 0 bridgehead atoms. The first kappa shape index (κ1) is 26.4. The molecule has 3 rings (SSSR count). The number of esters is 1. The highest BCUT2D eigenvalue weighted by Gasteiger charge is 2.61. The van der Waals surface area contributed by atoms with Crippen LogP contribution in [0.2, 0.25) is 0 Å². The van der Waals surface area contributed by atoms with Crippen LogP contribution < -0.4 is 10.1 Å². The maximum Gasteiger partial charge on any atom is 0.426 e. The van der Waals surface area contributed by atoms with Crippen LogP contribution in [-0.4, -0.2) is 42.2 Å². The van der Waals surface area contributed by atoms with Crippen molar-refractivity contribution in [1.29, 1.82) is 0 Å². The van der Waals surface area contributed by atoms with E-state index in [4.69, 9.17) is 14.2 Å². The molecule has 0 aromatic heterocycles. The number of rotatable bonds is 9. The number of fused-ring (bicyclic) bond motifs is 1. The summed E-state index contributed by atoms with van der Waals surface area (Å²) in [6.45, 7) is 4.39. The number of carbonyl (C=O) groups excluding carboxylic acids is 2. The van der Waals surface area contributed by atoms with Crippen molar-refractivity contribution in [2.75, 3.05) is 18.7 Å². The Balaban J connectivity index is 1.91. The number of nitrogens with one attached hydrogen (secondary N) is 1. The number of ether oxygens (including phenoxy) is 3. The summed E-state index contributed by atoms with van der Waals surface area (Å²) in [4.78, 5) is 24.4. The predicted molar refractivity (Wildman–Crippen MR) is 116 cm³/mol. The molecule has 11 heteroatoms. The van der Waals surface area contributed by atoms with Crippen molar-refractivity contribution < 1.29 is 46.5 Å². The second-order valence-electron chi connectivity index (χ2n) is 8.72. The molecular formula is C24H25F4NO6. The van der Waals surface area contributed by atoms with Crippen LogP contribution in [0.1, 0.15) is 48.7 Å². The molecule has 7 nitrogen and oxygen atoms in total. The zero-order chi connectivity index (χ0) is 26.0. The lowest BCUT2D eigenvalue weighted by molar-refractivity contribution is -0.254. The van der Waals surface area contributed by atoms with Crippen molar-refractivity contribution >= 4 is 17.6 Å². The Morgan fingerprint density at radius 2 is 1.89 bits per heavy atom. The van der Waals surface area contributed by atoms with Gasteiger partial charge in [0.15, 0.2) is 6.79 Å². The van der Waals surface area contributed by atoms with E-state index in [0.717, 1.165) is 12.1 Å². The van der Waals surface area contributed by atoms with Gasteiger partial charge < -0.3 is 24.6 Å². The van der Waals surface area contributed by atoms with Gasteiger partial charge in [-0.15, -0.1) is 0 Å². The van der Waals surface area contributed by atoms with Crippen LogP contribution in [0, 0.1) is 5.82 Å². The zero-order valence-electron chi connectivity index (χ0n) is 19.3. The van der Waals surface area contributed by atoms with Crippen molar-refractivity contribution in [3.05, 3.63) is 58.9 Å². The van der Waals surface area contributed by atoms with Gasteiger partial charge in [-0.3, -0.25) is 4.79 Å². The van der Waals surface area contributed by atoms with E-state index in [0.29, 0.717) is 12.2 Å². The van der Waals surface area contributed by atoms with Gasteiger partial charge in [0.1, 0.15) is 18.2 Å². The summed E-state index contributed by atoms with van der Waals surface area (Å²) in [7, 11) is 0. The molecule has 0 aliphatic carbocycles. The first-order chi connectivity index (χ1) is 16.3. The van der Waals surface area contributed by atoms with Gasteiger partial charge in [-0.1, -0.05) is 13.8 Å². The predicted octanol–water partition coefficient (Wildman–Crippen LogP) is 4.47. The number of carbonyl (C=O) groups is 2. The normalized spacial score (nSPS) is 15.3. The Kier molecular flexibility index (Phi) is 7.42. The second-order valence-corrected chi connectivity index (χ2v) is 8.72. The fourth-order valence-corrected chi connectivity index (χ4v) is 3.84. The fraction of sp³-hybridized carbons (Fsp3) is 0.417. The highest BCUT2D eigenvalue weighted by Crippen LogP contribution is 2.44. The number of halogens is 4. The molecule has 1 atom stereocenters. The molecule has 35 heavy (non-hydrogen) atoms.